The topological polar surface area (TPSA) is 38.1 Å². The minimum atomic E-state index is 0.406. The van der Waals surface area contributed by atoms with Crippen LogP contribution in [0.15, 0.2) is 29.0 Å². The molecule has 0 radical (unpaired) electrons. The summed E-state index contributed by atoms with van der Waals surface area (Å²) in [6.45, 7) is 6.88. The molecule has 1 heterocycles. The van der Waals surface area contributed by atoms with E-state index in [9.17, 15) is 0 Å². The van der Waals surface area contributed by atoms with Crippen LogP contribution in [-0.4, -0.2) is 11.0 Å². The van der Waals surface area contributed by atoms with Crippen molar-refractivity contribution in [2.45, 2.75) is 33.4 Å². The molecule has 2 aromatic rings. The molecule has 0 aliphatic carbocycles. The molecule has 0 saturated carbocycles. The fourth-order valence-electron chi connectivity index (χ4n) is 1.72. The highest BCUT2D eigenvalue weighted by Crippen LogP contribution is 2.30. The Balaban J connectivity index is 2.30. The SMILES string of the molecule is Cc1ccc(-c2ocnc2CNC(C)C)c(Cl)c1. The second-order valence-corrected chi connectivity index (χ2v) is 5.05. The Labute approximate surface area is 112 Å². The van der Waals surface area contributed by atoms with Crippen LogP contribution in [0.1, 0.15) is 25.1 Å². The third kappa shape index (κ3) is 2.92. The first-order chi connectivity index (χ1) is 8.58. The second kappa shape index (κ2) is 5.55. The number of hydrogen-bond donors (Lipinski definition) is 1. The molecule has 0 fully saturated rings. The largest absolute Gasteiger partial charge is 0.443 e. The summed E-state index contributed by atoms with van der Waals surface area (Å²) >= 11 is 6.25. The van der Waals surface area contributed by atoms with E-state index in [0.717, 1.165) is 22.6 Å². The molecule has 0 aliphatic heterocycles. The van der Waals surface area contributed by atoms with Crippen LogP contribution in [0.4, 0.5) is 0 Å². The Kier molecular flexibility index (Phi) is 4.04. The molecular weight excluding hydrogens is 248 g/mol. The third-order valence-electron chi connectivity index (χ3n) is 2.69. The van der Waals surface area contributed by atoms with Gasteiger partial charge in [-0.2, -0.15) is 0 Å². The van der Waals surface area contributed by atoms with Gasteiger partial charge < -0.3 is 9.73 Å². The summed E-state index contributed by atoms with van der Waals surface area (Å²) in [5, 5.41) is 4.02. The van der Waals surface area contributed by atoms with Crippen molar-refractivity contribution in [2.24, 2.45) is 0 Å². The van der Waals surface area contributed by atoms with Crippen molar-refractivity contribution < 1.29 is 4.42 Å². The molecule has 3 nitrogen and oxygen atoms in total. The Morgan fingerprint density at radius 3 is 2.83 bits per heavy atom. The van der Waals surface area contributed by atoms with Gasteiger partial charge in [0.15, 0.2) is 12.2 Å². The summed E-state index contributed by atoms with van der Waals surface area (Å²) in [4.78, 5) is 4.24. The van der Waals surface area contributed by atoms with E-state index in [1.54, 1.807) is 0 Å². The average Bonchev–Trinajstić information content (AvgIpc) is 2.74. The number of nitrogens with one attached hydrogen (secondary N) is 1. The van der Waals surface area contributed by atoms with Gasteiger partial charge in [0.1, 0.15) is 5.69 Å². The van der Waals surface area contributed by atoms with Crippen LogP contribution in [0.2, 0.25) is 5.02 Å². The fraction of sp³-hybridized carbons (Fsp3) is 0.357. The lowest BCUT2D eigenvalue weighted by Crippen LogP contribution is -2.22. The molecule has 2 rings (SSSR count). The van der Waals surface area contributed by atoms with E-state index < -0.39 is 0 Å². The van der Waals surface area contributed by atoms with E-state index in [1.165, 1.54) is 6.39 Å². The zero-order chi connectivity index (χ0) is 13.1. The number of nitrogens with zero attached hydrogens (tertiary/aromatic N) is 1. The number of halogens is 1. The van der Waals surface area contributed by atoms with Crippen molar-refractivity contribution >= 4 is 11.6 Å². The highest BCUT2D eigenvalue weighted by atomic mass is 35.5. The lowest BCUT2D eigenvalue weighted by atomic mass is 10.1. The summed E-state index contributed by atoms with van der Waals surface area (Å²) in [5.74, 6) is 0.744. The average molecular weight is 265 g/mol. The van der Waals surface area contributed by atoms with Gasteiger partial charge in [0.05, 0.1) is 5.02 Å². The predicted octanol–water partition coefficient (Wildman–Crippen LogP) is 3.80. The Hall–Kier alpha value is -1.32. The summed E-state index contributed by atoms with van der Waals surface area (Å²) in [5.41, 5.74) is 2.90. The Morgan fingerprint density at radius 2 is 2.17 bits per heavy atom. The van der Waals surface area contributed by atoms with Crippen LogP contribution in [0.25, 0.3) is 11.3 Å². The molecule has 1 aromatic carbocycles. The molecule has 0 spiro atoms. The summed E-state index contributed by atoms with van der Waals surface area (Å²) < 4.78 is 5.47. The van der Waals surface area contributed by atoms with E-state index >= 15 is 0 Å². The maximum absolute atomic E-state index is 6.25. The normalized spacial score (nSPS) is 11.2. The molecular formula is C14H17ClN2O. The van der Waals surface area contributed by atoms with E-state index in [1.807, 2.05) is 25.1 Å². The van der Waals surface area contributed by atoms with Gasteiger partial charge in [0, 0.05) is 18.2 Å². The van der Waals surface area contributed by atoms with Gasteiger partial charge >= 0.3 is 0 Å². The highest BCUT2D eigenvalue weighted by molar-refractivity contribution is 6.33. The summed E-state index contributed by atoms with van der Waals surface area (Å²) in [6.07, 6.45) is 1.46. The standard InChI is InChI=1S/C14H17ClN2O/c1-9(2)16-7-13-14(18-8-17-13)11-5-4-10(3)6-12(11)15/h4-6,8-9,16H,7H2,1-3H3. The molecule has 0 bridgehead atoms. The minimum absolute atomic E-state index is 0.406. The van der Waals surface area contributed by atoms with Crippen molar-refractivity contribution in [1.82, 2.24) is 10.3 Å². The molecule has 1 N–H and O–H groups in total. The van der Waals surface area contributed by atoms with Gasteiger partial charge in [0.25, 0.3) is 0 Å². The maximum Gasteiger partial charge on any atom is 0.181 e. The molecule has 0 unspecified atom stereocenters. The number of oxazole rings is 1. The van der Waals surface area contributed by atoms with Gasteiger partial charge in [-0.3, -0.25) is 0 Å². The number of aromatic nitrogens is 1. The lowest BCUT2D eigenvalue weighted by Gasteiger charge is -2.08. The lowest BCUT2D eigenvalue weighted by molar-refractivity contribution is 0.563. The molecule has 0 amide bonds. The number of aryl methyl sites for hydroxylation is 1. The van der Waals surface area contributed by atoms with Gasteiger partial charge in [-0.05, 0) is 24.6 Å². The van der Waals surface area contributed by atoms with Gasteiger partial charge in [-0.25, -0.2) is 4.98 Å². The number of benzene rings is 1. The monoisotopic (exact) mass is 264 g/mol. The summed E-state index contributed by atoms with van der Waals surface area (Å²) in [6, 6.07) is 6.32. The maximum atomic E-state index is 6.25. The van der Waals surface area contributed by atoms with E-state index in [4.69, 9.17) is 16.0 Å². The predicted molar refractivity (Wildman–Crippen MR) is 73.7 cm³/mol. The Bertz CT molecular complexity index is 534. The van der Waals surface area contributed by atoms with Gasteiger partial charge in [0.2, 0.25) is 0 Å². The molecule has 0 aliphatic rings. The van der Waals surface area contributed by atoms with Crippen LogP contribution in [0.5, 0.6) is 0 Å². The van der Waals surface area contributed by atoms with Crippen molar-refractivity contribution in [1.29, 1.82) is 0 Å². The second-order valence-electron chi connectivity index (χ2n) is 4.65. The zero-order valence-electron chi connectivity index (χ0n) is 10.8. The van der Waals surface area contributed by atoms with Crippen molar-refractivity contribution in [3.63, 3.8) is 0 Å². The van der Waals surface area contributed by atoms with Crippen LogP contribution in [0.3, 0.4) is 0 Å². The van der Waals surface area contributed by atoms with Crippen LogP contribution in [-0.2, 0) is 6.54 Å². The van der Waals surface area contributed by atoms with Gasteiger partial charge in [-0.1, -0.05) is 31.5 Å². The van der Waals surface area contributed by atoms with Crippen molar-refractivity contribution in [3.8, 4) is 11.3 Å². The molecule has 96 valence electrons. The van der Waals surface area contributed by atoms with E-state index in [2.05, 4.69) is 24.1 Å². The first-order valence-electron chi connectivity index (χ1n) is 6.00. The molecule has 0 atom stereocenters. The molecule has 0 saturated heterocycles. The van der Waals surface area contributed by atoms with Crippen molar-refractivity contribution in [3.05, 3.63) is 40.9 Å². The van der Waals surface area contributed by atoms with E-state index in [-0.39, 0.29) is 0 Å². The zero-order valence-corrected chi connectivity index (χ0v) is 11.6. The van der Waals surface area contributed by atoms with E-state index in [0.29, 0.717) is 17.6 Å². The molecule has 1 aromatic heterocycles. The molecule has 4 heteroatoms. The number of hydrogen-bond acceptors (Lipinski definition) is 3. The quantitative estimate of drug-likeness (QED) is 0.913. The van der Waals surface area contributed by atoms with Crippen LogP contribution < -0.4 is 5.32 Å². The number of rotatable bonds is 4. The Morgan fingerprint density at radius 1 is 1.39 bits per heavy atom. The van der Waals surface area contributed by atoms with Crippen LogP contribution in [0, 0.1) is 6.92 Å². The first-order valence-corrected chi connectivity index (χ1v) is 6.38. The smallest absolute Gasteiger partial charge is 0.181 e. The highest BCUT2D eigenvalue weighted by Gasteiger charge is 2.13. The molecule has 18 heavy (non-hydrogen) atoms. The van der Waals surface area contributed by atoms with Gasteiger partial charge in [-0.15, -0.1) is 0 Å². The first kappa shape index (κ1) is 13.1. The third-order valence-corrected chi connectivity index (χ3v) is 3.00. The van der Waals surface area contributed by atoms with Crippen molar-refractivity contribution in [2.75, 3.05) is 0 Å². The van der Waals surface area contributed by atoms with Crippen LogP contribution >= 0.6 is 11.6 Å². The minimum Gasteiger partial charge on any atom is -0.443 e. The summed E-state index contributed by atoms with van der Waals surface area (Å²) in [7, 11) is 0. The fourth-order valence-corrected chi connectivity index (χ4v) is 2.04.